The molecule has 1 atom stereocenters. The second-order valence-corrected chi connectivity index (χ2v) is 10.1. The Kier molecular flexibility index (Phi) is 10.2. The molecule has 0 aromatic heterocycles. The van der Waals surface area contributed by atoms with Crippen LogP contribution in [-0.2, 0) is 24.3 Å². The molecule has 2 N–H and O–H groups in total. The van der Waals surface area contributed by atoms with Crippen molar-refractivity contribution in [3.63, 3.8) is 0 Å². The van der Waals surface area contributed by atoms with E-state index in [1.165, 1.54) is 22.3 Å². The zero-order valence-corrected chi connectivity index (χ0v) is 22.0. The van der Waals surface area contributed by atoms with Gasteiger partial charge in [-0.3, -0.25) is 14.9 Å². The van der Waals surface area contributed by atoms with Gasteiger partial charge in [-0.25, -0.2) is 9.87 Å². The summed E-state index contributed by atoms with van der Waals surface area (Å²) in [6.07, 6.45) is 2.93. The van der Waals surface area contributed by atoms with Crippen molar-refractivity contribution in [3.05, 3.63) is 105 Å². The molecule has 3 aromatic carbocycles. The van der Waals surface area contributed by atoms with Gasteiger partial charge >= 0.3 is 0 Å². The van der Waals surface area contributed by atoms with Gasteiger partial charge in [-0.15, -0.1) is 0 Å². The number of nitrogens with zero attached hydrogens (tertiary/aromatic N) is 1. The van der Waals surface area contributed by atoms with Crippen molar-refractivity contribution in [2.24, 2.45) is 5.92 Å². The molecule has 3 aromatic rings. The molecule has 0 saturated carbocycles. The lowest BCUT2D eigenvalue weighted by Crippen LogP contribution is -2.30. The average molecular weight is 491 g/mol. The molecule has 0 radical (unpaired) electrons. The fourth-order valence-electron chi connectivity index (χ4n) is 4.93. The number of hydrogen-bond acceptors (Lipinski definition) is 3. The van der Waals surface area contributed by atoms with E-state index < -0.39 is 0 Å². The lowest BCUT2D eigenvalue weighted by Gasteiger charge is -2.24. The summed E-state index contributed by atoms with van der Waals surface area (Å²) in [6, 6.07) is 20.8. The summed E-state index contributed by atoms with van der Waals surface area (Å²) < 4.78 is 14.0. The predicted octanol–water partition coefficient (Wildman–Crippen LogP) is 6.60. The van der Waals surface area contributed by atoms with Crippen molar-refractivity contribution in [2.75, 3.05) is 6.54 Å². The number of halogens is 1. The first-order valence-corrected chi connectivity index (χ1v) is 12.8. The maximum atomic E-state index is 14.0. The Morgan fingerprint density at radius 1 is 0.861 bits per heavy atom. The fraction of sp³-hybridized carbons (Fsp3) is 0.387. The number of carbonyl (C=O) groups excluding carboxylic acids is 1. The van der Waals surface area contributed by atoms with Crippen LogP contribution in [0.3, 0.4) is 0 Å². The maximum Gasteiger partial charge on any atom is 0.246 e. The number of carbonyl (C=O) groups is 1. The normalized spacial score (nSPS) is 12.1. The Morgan fingerprint density at radius 2 is 1.42 bits per heavy atom. The topological polar surface area (TPSA) is 52.6 Å². The van der Waals surface area contributed by atoms with Crippen molar-refractivity contribution in [3.8, 4) is 0 Å². The molecule has 3 rings (SSSR count). The lowest BCUT2D eigenvalue weighted by molar-refractivity contribution is -0.133. The van der Waals surface area contributed by atoms with Crippen LogP contribution in [0, 0.1) is 39.4 Å². The molecule has 1 amide bonds. The van der Waals surface area contributed by atoms with Gasteiger partial charge in [0.2, 0.25) is 5.91 Å². The van der Waals surface area contributed by atoms with Gasteiger partial charge in [0.15, 0.2) is 0 Å². The second-order valence-electron chi connectivity index (χ2n) is 10.1. The quantitative estimate of drug-likeness (QED) is 0.171. The van der Waals surface area contributed by atoms with E-state index in [0.717, 1.165) is 38.0 Å². The highest BCUT2D eigenvalue weighted by Crippen LogP contribution is 2.21. The molecule has 36 heavy (non-hydrogen) atoms. The zero-order valence-electron chi connectivity index (χ0n) is 22.0. The van der Waals surface area contributed by atoms with Crippen LogP contribution < -0.4 is 5.48 Å². The highest BCUT2D eigenvalue weighted by atomic mass is 19.1. The highest BCUT2D eigenvalue weighted by Gasteiger charge is 2.19. The number of hydrogen-bond donors (Lipinski definition) is 2. The largest absolute Gasteiger partial charge is 0.295 e. The van der Waals surface area contributed by atoms with Gasteiger partial charge in [-0.1, -0.05) is 78.2 Å². The molecular weight excluding hydrogens is 451 g/mol. The van der Waals surface area contributed by atoms with E-state index in [1.807, 2.05) is 5.48 Å². The van der Waals surface area contributed by atoms with Crippen LogP contribution in [0.1, 0.15) is 58.2 Å². The summed E-state index contributed by atoms with van der Waals surface area (Å²) in [6.45, 7) is 10.3. The molecule has 4 nitrogen and oxygen atoms in total. The predicted molar refractivity (Wildman–Crippen MR) is 143 cm³/mol. The molecule has 0 aliphatic rings. The van der Waals surface area contributed by atoms with Gasteiger partial charge in [0, 0.05) is 19.0 Å². The fourth-order valence-corrected chi connectivity index (χ4v) is 4.93. The van der Waals surface area contributed by atoms with Crippen LogP contribution in [0.4, 0.5) is 4.39 Å². The molecule has 0 saturated heterocycles. The molecule has 0 spiro atoms. The van der Waals surface area contributed by atoms with Crippen LogP contribution in [0.15, 0.2) is 60.7 Å². The van der Waals surface area contributed by atoms with E-state index in [2.05, 4.69) is 67.3 Å². The van der Waals surface area contributed by atoms with Gasteiger partial charge in [0.05, 0.1) is 0 Å². The Labute approximate surface area is 215 Å². The second kappa shape index (κ2) is 13.3. The van der Waals surface area contributed by atoms with Gasteiger partial charge in [-0.05, 0) is 81.3 Å². The van der Waals surface area contributed by atoms with E-state index in [1.54, 1.807) is 26.0 Å². The Hall–Kier alpha value is -3.02. The summed E-state index contributed by atoms with van der Waals surface area (Å²) in [7, 11) is 0. The maximum absolute atomic E-state index is 14.0. The molecular formula is C31H39FN2O2. The van der Waals surface area contributed by atoms with Gasteiger partial charge in [-0.2, -0.15) is 0 Å². The summed E-state index contributed by atoms with van der Waals surface area (Å²) in [5.41, 5.74) is 9.01. The number of rotatable bonds is 12. The standard InChI is InChI=1S/C31H39FN2O2/c1-22-9-7-11-26(15-22)20-34(21-27-12-8-10-23(2)16-27)14-6-5-13-29(31(35)33-36)19-28-17-24(3)30(32)25(4)18-28/h7-12,15-18,29,36H,5-6,13-14,19-21H2,1-4H3,(H,33,35)/t29-/m0/s1. The third-order valence-corrected chi connectivity index (χ3v) is 6.71. The number of nitrogens with one attached hydrogen (secondary N) is 1. The van der Waals surface area contributed by atoms with E-state index in [-0.39, 0.29) is 17.6 Å². The number of unbranched alkanes of at least 4 members (excludes halogenated alkanes) is 1. The third kappa shape index (κ3) is 8.28. The number of hydroxylamine groups is 1. The zero-order chi connectivity index (χ0) is 26.1. The van der Waals surface area contributed by atoms with E-state index in [4.69, 9.17) is 0 Å². The molecule has 5 heteroatoms. The van der Waals surface area contributed by atoms with E-state index >= 15 is 0 Å². The molecule has 0 aliphatic heterocycles. The van der Waals surface area contributed by atoms with Crippen LogP contribution in [0.25, 0.3) is 0 Å². The average Bonchev–Trinajstić information content (AvgIpc) is 2.83. The van der Waals surface area contributed by atoms with E-state index in [0.29, 0.717) is 24.0 Å². The van der Waals surface area contributed by atoms with Crippen molar-refractivity contribution < 1.29 is 14.4 Å². The Morgan fingerprint density at radius 3 is 1.92 bits per heavy atom. The molecule has 192 valence electrons. The van der Waals surface area contributed by atoms with Crippen LogP contribution >= 0.6 is 0 Å². The van der Waals surface area contributed by atoms with Gasteiger partial charge in [0.25, 0.3) is 0 Å². The van der Waals surface area contributed by atoms with Crippen LogP contribution in [0.5, 0.6) is 0 Å². The van der Waals surface area contributed by atoms with Crippen molar-refractivity contribution >= 4 is 5.91 Å². The van der Waals surface area contributed by atoms with Crippen molar-refractivity contribution in [1.29, 1.82) is 0 Å². The summed E-state index contributed by atoms with van der Waals surface area (Å²) in [5, 5.41) is 9.29. The first kappa shape index (κ1) is 27.6. The van der Waals surface area contributed by atoms with Crippen molar-refractivity contribution in [2.45, 2.75) is 66.5 Å². The number of amides is 1. The third-order valence-electron chi connectivity index (χ3n) is 6.71. The van der Waals surface area contributed by atoms with Gasteiger partial charge in [0.1, 0.15) is 5.82 Å². The first-order chi connectivity index (χ1) is 17.2. The molecule has 0 heterocycles. The van der Waals surface area contributed by atoms with Crippen molar-refractivity contribution in [1.82, 2.24) is 10.4 Å². The first-order valence-electron chi connectivity index (χ1n) is 12.8. The Bertz CT molecular complexity index is 1090. The van der Waals surface area contributed by atoms with Gasteiger partial charge < -0.3 is 0 Å². The monoisotopic (exact) mass is 490 g/mol. The number of aryl methyl sites for hydroxylation is 4. The SMILES string of the molecule is Cc1cccc(CN(CCCC[C@@H](Cc2cc(C)c(F)c(C)c2)C(=O)NO)Cc2cccc(C)c2)c1. The number of benzene rings is 3. The minimum absolute atomic E-state index is 0.204. The summed E-state index contributed by atoms with van der Waals surface area (Å²) >= 11 is 0. The van der Waals surface area contributed by atoms with E-state index in [9.17, 15) is 14.4 Å². The smallest absolute Gasteiger partial charge is 0.246 e. The van der Waals surface area contributed by atoms with Crippen LogP contribution in [0.2, 0.25) is 0 Å². The minimum atomic E-state index is -0.383. The Balaban J connectivity index is 1.63. The molecule has 0 aliphatic carbocycles. The summed E-state index contributed by atoms with van der Waals surface area (Å²) in [4.78, 5) is 14.8. The summed E-state index contributed by atoms with van der Waals surface area (Å²) in [5.74, 6) is -0.948. The molecule has 0 unspecified atom stereocenters. The molecule has 0 bridgehead atoms. The lowest BCUT2D eigenvalue weighted by atomic mass is 9.91. The molecule has 0 fully saturated rings. The highest BCUT2D eigenvalue weighted by molar-refractivity contribution is 5.77. The minimum Gasteiger partial charge on any atom is -0.295 e. The van der Waals surface area contributed by atoms with Crippen LogP contribution in [-0.4, -0.2) is 22.6 Å².